The molecule has 0 N–H and O–H groups in total. The van der Waals surface area contributed by atoms with Crippen molar-refractivity contribution in [1.29, 1.82) is 0 Å². The molecule has 1 saturated heterocycles. The number of ketones is 1. The highest BCUT2D eigenvalue weighted by atomic mass is 32.1. The molecule has 0 radical (unpaired) electrons. The van der Waals surface area contributed by atoms with E-state index in [-0.39, 0.29) is 28.8 Å². The van der Waals surface area contributed by atoms with Gasteiger partial charge in [-0.15, -0.1) is 0 Å². The molecule has 0 spiro atoms. The maximum Gasteiger partial charge on any atom is 0.162 e. The van der Waals surface area contributed by atoms with Crippen molar-refractivity contribution in [1.82, 2.24) is 4.90 Å². The molecule has 100 valence electrons. The highest BCUT2D eigenvalue weighted by Crippen LogP contribution is 2.27. The number of piperidine rings is 1. The molecule has 2 aliphatic rings. The van der Waals surface area contributed by atoms with Gasteiger partial charge in [0.2, 0.25) is 0 Å². The van der Waals surface area contributed by atoms with Crippen LogP contribution in [0.2, 0.25) is 0 Å². The number of nitrogens with zero attached hydrogens (tertiary/aromatic N) is 1. The average Bonchev–Trinajstić information content (AvgIpc) is 2.34. The minimum Gasteiger partial charge on any atom is -0.297 e. The molecule has 3 atom stereocenters. The molecule has 1 aliphatic heterocycles. The van der Waals surface area contributed by atoms with Gasteiger partial charge in [0.15, 0.2) is 5.78 Å². The zero-order valence-electron chi connectivity index (χ0n) is 10.9. The number of Topliss-reactive ketones (excluding diaryl/α,β-unsaturated/α-hetero) is 1. The predicted molar refractivity (Wildman–Crippen MR) is 74.5 cm³/mol. The van der Waals surface area contributed by atoms with E-state index >= 15 is 0 Å². The number of thiol groups is 1. The number of hydrogen-bond donors (Lipinski definition) is 1. The van der Waals surface area contributed by atoms with Crippen LogP contribution in [-0.4, -0.2) is 35.1 Å². The zero-order valence-corrected chi connectivity index (χ0v) is 11.8. The molecule has 4 heteroatoms. The third-order valence-corrected chi connectivity index (χ3v) is 4.41. The number of carbonyl (C=O) groups is 1. The third-order valence-electron chi connectivity index (χ3n) is 3.90. The molecule has 18 heavy (non-hydrogen) atoms. The fourth-order valence-corrected chi connectivity index (χ4v) is 2.93. The first-order chi connectivity index (χ1) is 8.49. The van der Waals surface area contributed by atoms with Gasteiger partial charge in [0.25, 0.3) is 0 Å². The van der Waals surface area contributed by atoms with E-state index in [0.717, 1.165) is 25.9 Å². The fraction of sp³-hybridized carbons (Fsp3) is 0.643. The van der Waals surface area contributed by atoms with Gasteiger partial charge < -0.3 is 0 Å². The van der Waals surface area contributed by atoms with Gasteiger partial charge in [-0.25, -0.2) is 4.39 Å². The summed E-state index contributed by atoms with van der Waals surface area (Å²) in [5.74, 6) is 0.131. The summed E-state index contributed by atoms with van der Waals surface area (Å²) in [4.78, 5) is 14.1. The smallest absolute Gasteiger partial charge is 0.162 e. The van der Waals surface area contributed by atoms with Crippen molar-refractivity contribution in [2.45, 2.75) is 38.0 Å². The largest absolute Gasteiger partial charge is 0.297 e. The summed E-state index contributed by atoms with van der Waals surface area (Å²) in [5, 5.41) is -0.118. The van der Waals surface area contributed by atoms with E-state index in [4.69, 9.17) is 0 Å². The Kier molecular flexibility index (Phi) is 4.28. The molecule has 0 aromatic carbocycles. The van der Waals surface area contributed by atoms with Crippen molar-refractivity contribution in [3.8, 4) is 0 Å². The number of likely N-dealkylation sites (tertiary alicyclic amines) is 1. The van der Waals surface area contributed by atoms with Crippen LogP contribution in [-0.2, 0) is 4.79 Å². The minimum absolute atomic E-state index is 0.0292. The maximum absolute atomic E-state index is 13.3. The van der Waals surface area contributed by atoms with Gasteiger partial charge in [0, 0.05) is 19.0 Å². The van der Waals surface area contributed by atoms with Gasteiger partial charge in [-0.2, -0.15) is 12.6 Å². The van der Waals surface area contributed by atoms with Crippen LogP contribution in [0.15, 0.2) is 23.6 Å². The van der Waals surface area contributed by atoms with Crippen LogP contribution in [0.3, 0.4) is 0 Å². The molecule has 3 unspecified atom stereocenters. The summed E-state index contributed by atoms with van der Waals surface area (Å²) in [6.07, 6.45) is 4.98. The Hall–Kier alpha value is -0.610. The van der Waals surface area contributed by atoms with Crippen molar-refractivity contribution in [3.05, 3.63) is 23.6 Å². The number of rotatable bonds is 2. The van der Waals surface area contributed by atoms with Crippen molar-refractivity contribution in [2.75, 3.05) is 13.1 Å². The summed E-state index contributed by atoms with van der Waals surface area (Å²) in [6, 6.07) is -0.0757. The molecule has 0 aromatic rings. The van der Waals surface area contributed by atoms with Crippen LogP contribution in [0.5, 0.6) is 0 Å². The molecule has 1 aliphatic carbocycles. The van der Waals surface area contributed by atoms with Gasteiger partial charge in [-0.05, 0) is 25.8 Å². The lowest BCUT2D eigenvalue weighted by Gasteiger charge is -2.36. The summed E-state index contributed by atoms with van der Waals surface area (Å²) >= 11 is 4.30. The van der Waals surface area contributed by atoms with Gasteiger partial charge in [0.05, 0.1) is 11.3 Å². The number of carbonyl (C=O) groups excluding carboxylic acids is 1. The highest BCUT2D eigenvalue weighted by Gasteiger charge is 2.32. The SMILES string of the molecule is CC1CC(CN2CCC(S)C(=O)C2C)=CC=C1F. The van der Waals surface area contributed by atoms with E-state index in [0.29, 0.717) is 0 Å². The second-order valence-corrected chi connectivity index (χ2v) is 5.96. The Morgan fingerprint density at radius 1 is 1.44 bits per heavy atom. The van der Waals surface area contributed by atoms with E-state index in [2.05, 4.69) is 17.5 Å². The van der Waals surface area contributed by atoms with E-state index in [1.54, 1.807) is 6.08 Å². The Morgan fingerprint density at radius 3 is 2.83 bits per heavy atom. The van der Waals surface area contributed by atoms with Crippen molar-refractivity contribution >= 4 is 18.4 Å². The van der Waals surface area contributed by atoms with Crippen molar-refractivity contribution < 1.29 is 9.18 Å². The molecular formula is C14H20FNOS. The first-order valence-electron chi connectivity index (χ1n) is 6.50. The van der Waals surface area contributed by atoms with Gasteiger partial charge in [-0.1, -0.05) is 18.6 Å². The van der Waals surface area contributed by atoms with Crippen LogP contribution < -0.4 is 0 Å². The maximum atomic E-state index is 13.3. The lowest BCUT2D eigenvalue weighted by atomic mass is 9.93. The highest BCUT2D eigenvalue weighted by molar-refractivity contribution is 7.81. The number of halogens is 1. The summed E-state index contributed by atoms with van der Waals surface area (Å²) in [7, 11) is 0. The van der Waals surface area contributed by atoms with Crippen LogP contribution in [0.1, 0.15) is 26.7 Å². The minimum atomic E-state index is -0.118. The molecule has 1 heterocycles. The summed E-state index contributed by atoms with van der Waals surface area (Å²) in [5.41, 5.74) is 1.21. The Morgan fingerprint density at radius 2 is 2.17 bits per heavy atom. The normalized spacial score (nSPS) is 34.2. The predicted octanol–water partition coefficient (Wildman–Crippen LogP) is 2.77. The molecular weight excluding hydrogens is 249 g/mol. The van der Waals surface area contributed by atoms with E-state index in [1.165, 1.54) is 5.57 Å². The molecule has 2 nitrogen and oxygen atoms in total. The van der Waals surface area contributed by atoms with E-state index in [1.807, 2.05) is 19.9 Å². The summed E-state index contributed by atoms with van der Waals surface area (Å²) in [6.45, 7) is 5.49. The standard InChI is InChI=1S/C14H20FNOS/c1-9-7-11(3-4-12(9)15)8-16-6-5-13(18)14(17)10(16)2/h3-4,9-10,13,18H,5-8H2,1-2H3. The first kappa shape index (κ1) is 13.8. The molecule has 0 amide bonds. The van der Waals surface area contributed by atoms with Gasteiger partial charge in [-0.3, -0.25) is 9.69 Å². The van der Waals surface area contributed by atoms with Gasteiger partial charge >= 0.3 is 0 Å². The lowest BCUT2D eigenvalue weighted by Crippen LogP contribution is -2.49. The van der Waals surface area contributed by atoms with Crippen LogP contribution in [0.25, 0.3) is 0 Å². The quantitative estimate of drug-likeness (QED) is 0.778. The molecule has 2 rings (SSSR count). The average molecular weight is 269 g/mol. The Balaban J connectivity index is 2.00. The molecule has 0 bridgehead atoms. The number of hydrogen-bond acceptors (Lipinski definition) is 3. The molecule has 0 saturated carbocycles. The second-order valence-electron chi connectivity index (χ2n) is 5.33. The van der Waals surface area contributed by atoms with E-state index < -0.39 is 0 Å². The Labute approximate surface area is 113 Å². The molecule has 1 fully saturated rings. The van der Waals surface area contributed by atoms with Crippen molar-refractivity contribution in [2.24, 2.45) is 5.92 Å². The third kappa shape index (κ3) is 2.86. The fourth-order valence-electron chi connectivity index (χ4n) is 2.60. The van der Waals surface area contributed by atoms with Gasteiger partial charge in [0.1, 0.15) is 5.83 Å². The number of allylic oxidation sites excluding steroid dienone is 3. The lowest BCUT2D eigenvalue weighted by molar-refractivity contribution is -0.125. The second kappa shape index (κ2) is 5.57. The van der Waals surface area contributed by atoms with E-state index in [9.17, 15) is 9.18 Å². The van der Waals surface area contributed by atoms with Crippen LogP contribution in [0, 0.1) is 5.92 Å². The topological polar surface area (TPSA) is 20.3 Å². The first-order valence-corrected chi connectivity index (χ1v) is 7.01. The van der Waals surface area contributed by atoms with Crippen LogP contribution >= 0.6 is 12.6 Å². The molecule has 0 aromatic heterocycles. The van der Waals surface area contributed by atoms with Crippen LogP contribution in [0.4, 0.5) is 4.39 Å². The summed E-state index contributed by atoms with van der Waals surface area (Å²) < 4.78 is 13.3. The zero-order chi connectivity index (χ0) is 13.3. The Bertz CT molecular complexity index is 405. The monoisotopic (exact) mass is 269 g/mol. The van der Waals surface area contributed by atoms with Crippen molar-refractivity contribution in [3.63, 3.8) is 0 Å².